The molecule has 0 aliphatic heterocycles. The Morgan fingerprint density at radius 2 is 1.81 bits per heavy atom. The van der Waals surface area contributed by atoms with E-state index >= 15 is 0 Å². The normalized spacial score (nSPS) is 11.5. The fraction of sp³-hybridized carbons (Fsp3) is 0.250. The van der Waals surface area contributed by atoms with Crippen LogP contribution in [-0.2, 0) is 6.54 Å². The maximum atomic E-state index is 13.1. The monoisotopic (exact) mass is 364 g/mol. The van der Waals surface area contributed by atoms with Crippen molar-refractivity contribution in [1.82, 2.24) is 19.2 Å². The average Bonchev–Trinajstić information content (AvgIpc) is 3.09. The van der Waals surface area contributed by atoms with Gasteiger partial charge in [-0.3, -0.25) is 13.8 Å². The van der Waals surface area contributed by atoms with Crippen molar-refractivity contribution in [3.05, 3.63) is 70.0 Å². The van der Waals surface area contributed by atoms with E-state index in [4.69, 9.17) is 0 Å². The van der Waals surface area contributed by atoms with Crippen LogP contribution in [0.5, 0.6) is 0 Å². The Bertz CT molecular complexity index is 1130. The highest BCUT2D eigenvalue weighted by atomic mass is 32.2. The molecule has 0 fully saturated rings. The summed E-state index contributed by atoms with van der Waals surface area (Å²) in [6.07, 6.45) is 1.06. The molecule has 2 heterocycles. The molecule has 0 unspecified atom stereocenters. The van der Waals surface area contributed by atoms with E-state index in [-0.39, 0.29) is 5.56 Å². The molecule has 0 saturated heterocycles. The van der Waals surface area contributed by atoms with Gasteiger partial charge in [0.1, 0.15) is 0 Å². The predicted molar refractivity (Wildman–Crippen MR) is 106 cm³/mol. The second-order valence-corrected chi connectivity index (χ2v) is 7.42. The first kappa shape index (κ1) is 16.8. The SMILES string of the molecule is CCCSc1nnc2n(Cc3ccc(C)cc3)c(=O)c3ccccc3n12. The van der Waals surface area contributed by atoms with Crippen molar-refractivity contribution in [2.24, 2.45) is 0 Å². The molecule has 0 radical (unpaired) electrons. The highest BCUT2D eigenvalue weighted by Gasteiger charge is 2.16. The third-order valence-electron chi connectivity index (χ3n) is 4.37. The first-order valence-corrected chi connectivity index (χ1v) is 9.72. The smallest absolute Gasteiger partial charge is 0.263 e. The molecule has 132 valence electrons. The van der Waals surface area contributed by atoms with Crippen molar-refractivity contribution in [3.8, 4) is 0 Å². The molecule has 0 spiro atoms. The van der Waals surface area contributed by atoms with E-state index in [0.29, 0.717) is 17.7 Å². The zero-order valence-electron chi connectivity index (χ0n) is 14.8. The van der Waals surface area contributed by atoms with Crippen molar-refractivity contribution >= 4 is 28.4 Å². The molecule has 0 bridgehead atoms. The van der Waals surface area contributed by atoms with E-state index in [1.807, 2.05) is 28.7 Å². The van der Waals surface area contributed by atoms with Gasteiger partial charge >= 0.3 is 0 Å². The molecule has 0 amide bonds. The standard InChI is InChI=1S/C20H20N4OS/c1-3-12-26-20-22-21-19-23(13-15-10-8-14(2)9-11-15)18(25)16-6-4-5-7-17(16)24(19)20/h4-11H,3,12-13H2,1-2H3. The van der Waals surface area contributed by atoms with Gasteiger partial charge in [0.05, 0.1) is 17.4 Å². The van der Waals surface area contributed by atoms with E-state index in [1.54, 1.807) is 16.3 Å². The van der Waals surface area contributed by atoms with Crippen LogP contribution < -0.4 is 5.56 Å². The lowest BCUT2D eigenvalue weighted by Crippen LogP contribution is -2.24. The first-order chi connectivity index (χ1) is 12.7. The molecule has 0 aliphatic carbocycles. The van der Waals surface area contributed by atoms with E-state index < -0.39 is 0 Å². The van der Waals surface area contributed by atoms with Gasteiger partial charge in [0.2, 0.25) is 5.78 Å². The minimum atomic E-state index is -0.0342. The Kier molecular flexibility index (Phi) is 4.51. The van der Waals surface area contributed by atoms with Crippen LogP contribution in [0.15, 0.2) is 58.5 Å². The number of para-hydroxylation sites is 1. The fourth-order valence-electron chi connectivity index (χ4n) is 3.04. The lowest BCUT2D eigenvalue weighted by molar-refractivity contribution is 0.763. The summed E-state index contributed by atoms with van der Waals surface area (Å²) in [7, 11) is 0. The van der Waals surface area contributed by atoms with Crippen molar-refractivity contribution in [1.29, 1.82) is 0 Å². The molecule has 2 aromatic carbocycles. The van der Waals surface area contributed by atoms with Crippen molar-refractivity contribution in [2.75, 3.05) is 5.75 Å². The number of rotatable bonds is 5. The Labute approximate surface area is 155 Å². The molecule has 26 heavy (non-hydrogen) atoms. The summed E-state index contributed by atoms with van der Waals surface area (Å²) in [5.41, 5.74) is 3.09. The number of thioether (sulfide) groups is 1. The van der Waals surface area contributed by atoms with Gasteiger partial charge in [0, 0.05) is 5.75 Å². The molecule has 0 atom stereocenters. The number of nitrogens with zero attached hydrogens (tertiary/aromatic N) is 4. The quantitative estimate of drug-likeness (QED) is 0.504. The van der Waals surface area contributed by atoms with Crippen molar-refractivity contribution in [2.45, 2.75) is 32.0 Å². The van der Waals surface area contributed by atoms with Gasteiger partial charge in [-0.1, -0.05) is 60.6 Å². The maximum Gasteiger partial charge on any atom is 0.263 e. The highest BCUT2D eigenvalue weighted by Crippen LogP contribution is 2.22. The lowest BCUT2D eigenvalue weighted by Gasteiger charge is -2.11. The molecule has 4 rings (SSSR count). The van der Waals surface area contributed by atoms with Gasteiger partial charge in [0.15, 0.2) is 5.16 Å². The fourth-order valence-corrected chi connectivity index (χ4v) is 3.83. The molecule has 0 aliphatic rings. The number of hydrogen-bond acceptors (Lipinski definition) is 4. The highest BCUT2D eigenvalue weighted by molar-refractivity contribution is 7.99. The van der Waals surface area contributed by atoms with E-state index in [9.17, 15) is 4.79 Å². The number of benzene rings is 2. The number of aryl methyl sites for hydroxylation is 1. The predicted octanol–water partition coefficient (Wildman–Crippen LogP) is 3.90. The van der Waals surface area contributed by atoms with Crippen LogP contribution in [0.25, 0.3) is 16.7 Å². The Morgan fingerprint density at radius 1 is 1.04 bits per heavy atom. The van der Waals surface area contributed by atoms with E-state index in [0.717, 1.165) is 28.4 Å². The number of hydrogen-bond donors (Lipinski definition) is 0. The van der Waals surface area contributed by atoms with Crippen LogP contribution in [0.2, 0.25) is 0 Å². The minimum absolute atomic E-state index is 0.0342. The zero-order valence-corrected chi connectivity index (χ0v) is 15.7. The van der Waals surface area contributed by atoms with Gasteiger partial charge in [-0.2, -0.15) is 0 Å². The summed E-state index contributed by atoms with van der Waals surface area (Å²) in [6.45, 7) is 4.67. The van der Waals surface area contributed by atoms with Crippen LogP contribution in [-0.4, -0.2) is 24.9 Å². The van der Waals surface area contributed by atoms with Crippen molar-refractivity contribution in [3.63, 3.8) is 0 Å². The van der Waals surface area contributed by atoms with Crippen molar-refractivity contribution < 1.29 is 0 Å². The summed E-state index contributed by atoms with van der Waals surface area (Å²) in [6, 6.07) is 15.9. The third kappa shape index (κ3) is 2.90. The Morgan fingerprint density at radius 3 is 2.58 bits per heavy atom. The number of fused-ring (bicyclic) bond motifs is 3. The van der Waals surface area contributed by atoms with E-state index in [1.165, 1.54) is 5.56 Å². The molecular formula is C20H20N4OS. The molecular weight excluding hydrogens is 344 g/mol. The minimum Gasteiger partial charge on any atom is -0.272 e. The summed E-state index contributed by atoms with van der Waals surface area (Å²) in [4.78, 5) is 13.1. The van der Waals surface area contributed by atoms with Gasteiger partial charge in [-0.15, -0.1) is 10.2 Å². The summed E-state index contributed by atoms with van der Waals surface area (Å²) in [5, 5.41) is 10.2. The van der Waals surface area contributed by atoms with Crippen LogP contribution in [0, 0.1) is 6.92 Å². The van der Waals surface area contributed by atoms with Crippen LogP contribution in [0.1, 0.15) is 24.5 Å². The second-order valence-electron chi connectivity index (χ2n) is 6.36. The molecule has 6 heteroatoms. The van der Waals surface area contributed by atoms with E-state index in [2.05, 4.69) is 48.3 Å². The molecule has 5 nitrogen and oxygen atoms in total. The maximum absolute atomic E-state index is 13.1. The van der Waals surface area contributed by atoms with Gasteiger partial charge in [0.25, 0.3) is 5.56 Å². The van der Waals surface area contributed by atoms with Gasteiger partial charge < -0.3 is 0 Å². The zero-order chi connectivity index (χ0) is 18.1. The summed E-state index contributed by atoms with van der Waals surface area (Å²) < 4.78 is 3.72. The summed E-state index contributed by atoms with van der Waals surface area (Å²) in [5.74, 6) is 1.56. The third-order valence-corrected chi connectivity index (χ3v) is 5.51. The molecule has 0 saturated carbocycles. The Balaban J connectivity index is 1.96. The molecule has 2 aromatic heterocycles. The Hall–Kier alpha value is -2.60. The first-order valence-electron chi connectivity index (χ1n) is 8.74. The topological polar surface area (TPSA) is 52.2 Å². The average molecular weight is 364 g/mol. The van der Waals surface area contributed by atoms with Gasteiger partial charge in [-0.25, -0.2) is 0 Å². The molecule has 4 aromatic rings. The summed E-state index contributed by atoms with van der Waals surface area (Å²) >= 11 is 1.67. The van der Waals surface area contributed by atoms with Gasteiger partial charge in [-0.05, 0) is 31.0 Å². The molecule has 0 N–H and O–H groups in total. The lowest BCUT2D eigenvalue weighted by atomic mass is 10.1. The van der Waals surface area contributed by atoms with Crippen LogP contribution in [0.4, 0.5) is 0 Å². The number of aromatic nitrogens is 4. The largest absolute Gasteiger partial charge is 0.272 e. The van der Waals surface area contributed by atoms with Crippen LogP contribution in [0.3, 0.4) is 0 Å². The van der Waals surface area contributed by atoms with Crippen LogP contribution >= 0.6 is 11.8 Å². The second kappa shape index (κ2) is 6.96.